The summed E-state index contributed by atoms with van der Waals surface area (Å²) in [5, 5.41) is 0. The summed E-state index contributed by atoms with van der Waals surface area (Å²) >= 11 is 0. The molecule has 0 bridgehead atoms. The minimum absolute atomic E-state index is 0.240. The van der Waals surface area contributed by atoms with Gasteiger partial charge in [0.1, 0.15) is 0 Å². The van der Waals surface area contributed by atoms with E-state index in [1.54, 1.807) is 6.07 Å². The molecule has 1 fully saturated rings. The Morgan fingerprint density at radius 1 is 1.13 bits per heavy atom. The van der Waals surface area contributed by atoms with Crippen molar-refractivity contribution in [2.24, 2.45) is 11.7 Å². The van der Waals surface area contributed by atoms with Gasteiger partial charge in [0.25, 0.3) is 0 Å². The van der Waals surface area contributed by atoms with Crippen LogP contribution in [0.15, 0.2) is 30.3 Å². The number of rotatable bonds is 6. The third-order valence-corrected chi connectivity index (χ3v) is 5.74. The van der Waals surface area contributed by atoms with Crippen molar-refractivity contribution < 1.29 is 13.2 Å². The van der Waals surface area contributed by atoms with Gasteiger partial charge < -0.3 is 15.5 Å². The Morgan fingerprint density at radius 2 is 1.77 bits per heavy atom. The maximum absolute atomic E-state index is 12.8. The van der Waals surface area contributed by atoms with Gasteiger partial charge in [-0.2, -0.15) is 13.2 Å². The van der Waals surface area contributed by atoms with E-state index in [4.69, 9.17) is 5.73 Å². The molecule has 0 atom stereocenters. The molecule has 0 unspecified atom stereocenters. The van der Waals surface area contributed by atoms with Crippen molar-refractivity contribution >= 4 is 5.95 Å². The third-order valence-electron chi connectivity index (χ3n) is 5.74. The van der Waals surface area contributed by atoms with E-state index in [0.29, 0.717) is 34.9 Å². The van der Waals surface area contributed by atoms with Gasteiger partial charge in [-0.15, -0.1) is 0 Å². The lowest BCUT2D eigenvalue weighted by atomic mass is 9.95. The van der Waals surface area contributed by atoms with Gasteiger partial charge in [-0.1, -0.05) is 12.1 Å². The van der Waals surface area contributed by atoms with Crippen molar-refractivity contribution in [3.63, 3.8) is 0 Å². The highest BCUT2D eigenvalue weighted by Gasteiger charge is 2.30. The van der Waals surface area contributed by atoms with Crippen LogP contribution in [0.3, 0.4) is 0 Å². The largest absolute Gasteiger partial charge is 0.416 e. The minimum atomic E-state index is -4.36. The van der Waals surface area contributed by atoms with Gasteiger partial charge in [-0.05, 0) is 63.9 Å². The molecular weight excluding hydrogens is 391 g/mol. The number of nitrogens with two attached hydrogens (primary N) is 1. The van der Waals surface area contributed by atoms with Crippen LogP contribution in [0.25, 0.3) is 11.3 Å². The Hall–Kier alpha value is -2.19. The molecule has 0 amide bonds. The molecule has 3 rings (SSSR count). The summed E-state index contributed by atoms with van der Waals surface area (Å²) in [6, 6.07) is 7.34. The van der Waals surface area contributed by atoms with E-state index in [-0.39, 0.29) is 6.54 Å². The molecule has 1 aromatic carbocycles. The SMILES string of the molecule is CC(C)N1CCC(CN(C)c2nc(CN)cc(-c3ccc(C(F)(F)F)cc3)n2)CC1. The molecule has 0 saturated carbocycles. The summed E-state index contributed by atoms with van der Waals surface area (Å²) in [4.78, 5) is 13.7. The van der Waals surface area contributed by atoms with E-state index in [1.807, 2.05) is 11.9 Å². The lowest BCUT2D eigenvalue weighted by Crippen LogP contribution is -2.41. The molecule has 0 radical (unpaired) electrons. The molecule has 1 saturated heterocycles. The number of benzene rings is 1. The van der Waals surface area contributed by atoms with Crippen molar-refractivity contribution in [1.29, 1.82) is 0 Å². The van der Waals surface area contributed by atoms with Gasteiger partial charge >= 0.3 is 6.18 Å². The zero-order valence-electron chi connectivity index (χ0n) is 17.8. The van der Waals surface area contributed by atoms with Gasteiger partial charge in [0.15, 0.2) is 0 Å². The van der Waals surface area contributed by atoms with Crippen molar-refractivity contribution in [3.05, 3.63) is 41.6 Å². The fraction of sp³-hybridized carbons (Fsp3) is 0.545. The Labute approximate surface area is 176 Å². The molecule has 30 heavy (non-hydrogen) atoms. The standard InChI is InChI=1S/C22H30F3N5/c1-15(2)30-10-8-16(9-11-30)14-29(3)21-27-19(13-26)12-20(28-21)17-4-6-18(7-5-17)22(23,24)25/h4-7,12,15-16H,8-11,13-14,26H2,1-3H3. The van der Waals surface area contributed by atoms with E-state index in [9.17, 15) is 13.2 Å². The molecule has 0 spiro atoms. The lowest BCUT2D eigenvalue weighted by Gasteiger charge is -2.36. The number of hydrogen-bond donors (Lipinski definition) is 1. The first-order valence-electron chi connectivity index (χ1n) is 10.4. The number of piperidine rings is 1. The Kier molecular flexibility index (Phi) is 6.98. The monoisotopic (exact) mass is 421 g/mol. The second kappa shape index (κ2) is 9.31. The first kappa shape index (κ1) is 22.5. The van der Waals surface area contributed by atoms with Crippen molar-refractivity contribution in [2.75, 3.05) is 31.6 Å². The number of halogens is 3. The van der Waals surface area contributed by atoms with Gasteiger partial charge in [0.2, 0.25) is 5.95 Å². The summed E-state index contributed by atoms with van der Waals surface area (Å²) in [6.07, 6.45) is -2.10. The van der Waals surface area contributed by atoms with Crippen molar-refractivity contribution in [2.45, 2.75) is 45.5 Å². The zero-order valence-corrected chi connectivity index (χ0v) is 17.8. The maximum Gasteiger partial charge on any atom is 0.416 e. The number of aromatic nitrogens is 2. The zero-order chi connectivity index (χ0) is 21.9. The predicted molar refractivity (Wildman–Crippen MR) is 113 cm³/mol. The minimum Gasteiger partial charge on any atom is -0.344 e. The van der Waals surface area contributed by atoms with E-state index in [1.165, 1.54) is 12.1 Å². The van der Waals surface area contributed by atoms with Crippen LogP contribution in [0.4, 0.5) is 19.1 Å². The fourth-order valence-electron chi connectivity index (χ4n) is 3.86. The van der Waals surface area contributed by atoms with Crippen LogP contribution in [0.1, 0.15) is 37.9 Å². The Balaban J connectivity index is 1.76. The van der Waals surface area contributed by atoms with Crippen LogP contribution in [-0.4, -0.2) is 47.6 Å². The van der Waals surface area contributed by atoms with Crippen LogP contribution >= 0.6 is 0 Å². The maximum atomic E-state index is 12.8. The summed E-state index contributed by atoms with van der Waals surface area (Å²) in [5.41, 5.74) is 6.99. The first-order chi connectivity index (χ1) is 14.2. The second-order valence-corrected chi connectivity index (χ2v) is 8.28. The Bertz CT molecular complexity index is 828. The van der Waals surface area contributed by atoms with Crippen LogP contribution in [0.2, 0.25) is 0 Å². The summed E-state index contributed by atoms with van der Waals surface area (Å²) in [7, 11) is 1.96. The van der Waals surface area contributed by atoms with Crippen molar-refractivity contribution in [3.8, 4) is 11.3 Å². The molecule has 8 heteroatoms. The number of hydrogen-bond acceptors (Lipinski definition) is 5. The molecule has 1 aromatic heterocycles. The molecule has 1 aliphatic heterocycles. The first-order valence-corrected chi connectivity index (χ1v) is 10.4. The quantitative estimate of drug-likeness (QED) is 0.758. The summed E-state index contributed by atoms with van der Waals surface area (Å²) < 4.78 is 38.5. The number of alkyl halides is 3. The summed E-state index contributed by atoms with van der Waals surface area (Å²) in [6.45, 7) is 7.71. The van der Waals surface area contributed by atoms with E-state index >= 15 is 0 Å². The van der Waals surface area contributed by atoms with Crippen LogP contribution < -0.4 is 10.6 Å². The predicted octanol–water partition coefficient (Wildman–Crippen LogP) is 4.18. The molecule has 0 aliphatic carbocycles. The van der Waals surface area contributed by atoms with Gasteiger partial charge in [-0.25, -0.2) is 9.97 Å². The highest BCUT2D eigenvalue weighted by molar-refractivity contribution is 5.61. The lowest BCUT2D eigenvalue weighted by molar-refractivity contribution is -0.137. The topological polar surface area (TPSA) is 58.3 Å². The average Bonchev–Trinajstić information content (AvgIpc) is 2.73. The van der Waals surface area contributed by atoms with E-state index in [2.05, 4.69) is 28.7 Å². The van der Waals surface area contributed by atoms with Gasteiger partial charge in [0, 0.05) is 31.7 Å². The van der Waals surface area contributed by atoms with Crippen LogP contribution in [0, 0.1) is 5.92 Å². The molecular formula is C22H30F3N5. The summed E-state index contributed by atoms with van der Waals surface area (Å²) in [5.74, 6) is 1.11. The van der Waals surface area contributed by atoms with Crippen LogP contribution in [-0.2, 0) is 12.7 Å². The molecule has 5 nitrogen and oxygen atoms in total. The second-order valence-electron chi connectivity index (χ2n) is 8.28. The average molecular weight is 422 g/mol. The third kappa shape index (κ3) is 5.49. The number of anilines is 1. The van der Waals surface area contributed by atoms with Gasteiger partial charge in [0.05, 0.1) is 17.0 Å². The molecule has 2 heterocycles. The molecule has 2 aromatic rings. The molecule has 164 valence electrons. The molecule has 1 aliphatic rings. The van der Waals surface area contributed by atoms with E-state index < -0.39 is 11.7 Å². The highest BCUT2D eigenvalue weighted by Crippen LogP contribution is 2.31. The van der Waals surface area contributed by atoms with Crippen molar-refractivity contribution in [1.82, 2.24) is 14.9 Å². The number of likely N-dealkylation sites (tertiary alicyclic amines) is 1. The van der Waals surface area contributed by atoms with Crippen LogP contribution in [0.5, 0.6) is 0 Å². The number of nitrogens with zero attached hydrogens (tertiary/aromatic N) is 4. The smallest absolute Gasteiger partial charge is 0.344 e. The molecule has 2 N–H and O–H groups in total. The van der Waals surface area contributed by atoms with Gasteiger partial charge in [-0.3, -0.25) is 0 Å². The normalized spacial score (nSPS) is 16.3. The van der Waals surface area contributed by atoms with E-state index in [0.717, 1.165) is 44.6 Å². The Morgan fingerprint density at radius 3 is 2.30 bits per heavy atom. The highest BCUT2D eigenvalue weighted by atomic mass is 19.4. The fourth-order valence-corrected chi connectivity index (χ4v) is 3.86.